The average Bonchev–Trinajstić information content (AvgIpc) is 3.05. The van der Waals surface area contributed by atoms with E-state index in [9.17, 15) is 0 Å². The van der Waals surface area contributed by atoms with Gasteiger partial charge in [0.2, 0.25) is 0 Å². The zero-order valence-electron chi connectivity index (χ0n) is 11.8. The molecule has 3 rings (SSSR count). The van der Waals surface area contributed by atoms with Crippen LogP contribution in [0.2, 0.25) is 5.02 Å². The Labute approximate surface area is 141 Å². The average molecular weight is 385 g/mol. The van der Waals surface area contributed by atoms with Crippen LogP contribution in [0, 0.1) is 0 Å². The van der Waals surface area contributed by atoms with Crippen LogP contribution >= 0.6 is 38.9 Å². The molecule has 2 aromatic heterocycles. The maximum absolute atomic E-state index is 6.10. The van der Waals surface area contributed by atoms with Crippen molar-refractivity contribution < 1.29 is 0 Å². The lowest BCUT2D eigenvalue weighted by atomic mass is 10.1. The highest BCUT2D eigenvalue weighted by Crippen LogP contribution is 2.31. The van der Waals surface area contributed by atoms with E-state index in [1.54, 1.807) is 11.3 Å². The number of fused-ring (bicyclic) bond motifs is 1. The number of imidazole rings is 1. The van der Waals surface area contributed by atoms with Crippen LogP contribution in [0.4, 0.5) is 5.82 Å². The molecule has 0 aliphatic carbocycles. The molecule has 21 heavy (non-hydrogen) atoms. The van der Waals surface area contributed by atoms with Gasteiger partial charge < -0.3 is 4.90 Å². The summed E-state index contributed by atoms with van der Waals surface area (Å²) in [5.74, 6) is 1.01. The molecule has 0 bridgehead atoms. The Morgan fingerprint density at radius 3 is 3.00 bits per heavy atom. The standard InChI is InChI=1S/C15H15BrClN3S/c1-10(11-4-3-5-12(17)8-11)19(2)14-13(9-16)20-6-7-21-15(20)18-14/h3-8,10H,9H2,1-2H3. The molecule has 0 spiro atoms. The second-order valence-corrected chi connectivity index (χ2v) is 6.78. The zero-order chi connectivity index (χ0) is 15.0. The highest BCUT2D eigenvalue weighted by molar-refractivity contribution is 9.08. The summed E-state index contributed by atoms with van der Waals surface area (Å²) in [6.45, 7) is 2.16. The van der Waals surface area contributed by atoms with E-state index >= 15 is 0 Å². The molecular weight excluding hydrogens is 370 g/mol. The Hall–Kier alpha value is -1.04. The van der Waals surface area contributed by atoms with Crippen molar-refractivity contribution in [2.24, 2.45) is 0 Å². The SMILES string of the molecule is CC(c1cccc(Cl)c1)N(C)c1nc2sccn2c1CBr. The number of aromatic nitrogens is 2. The molecule has 0 saturated carbocycles. The van der Waals surface area contributed by atoms with Crippen LogP contribution < -0.4 is 4.90 Å². The van der Waals surface area contributed by atoms with Gasteiger partial charge in [-0.25, -0.2) is 4.98 Å². The molecule has 0 N–H and O–H groups in total. The van der Waals surface area contributed by atoms with Crippen LogP contribution in [0.1, 0.15) is 24.2 Å². The van der Waals surface area contributed by atoms with Crippen molar-refractivity contribution in [1.29, 1.82) is 0 Å². The van der Waals surface area contributed by atoms with Crippen molar-refractivity contribution in [3.8, 4) is 0 Å². The highest BCUT2D eigenvalue weighted by atomic mass is 79.9. The lowest BCUT2D eigenvalue weighted by Gasteiger charge is -2.26. The van der Waals surface area contributed by atoms with Crippen LogP contribution in [0.3, 0.4) is 0 Å². The Morgan fingerprint density at radius 2 is 2.29 bits per heavy atom. The van der Waals surface area contributed by atoms with Crippen molar-refractivity contribution in [2.45, 2.75) is 18.3 Å². The predicted octanol–water partition coefficient (Wildman–Crippen LogP) is 5.14. The largest absolute Gasteiger partial charge is 0.351 e. The number of hydrogen-bond acceptors (Lipinski definition) is 3. The second kappa shape index (κ2) is 5.99. The molecule has 1 atom stereocenters. The van der Waals surface area contributed by atoms with E-state index in [-0.39, 0.29) is 6.04 Å². The van der Waals surface area contributed by atoms with E-state index in [1.165, 1.54) is 11.3 Å². The minimum Gasteiger partial charge on any atom is -0.351 e. The van der Waals surface area contributed by atoms with Gasteiger partial charge in [0.15, 0.2) is 10.8 Å². The predicted molar refractivity (Wildman–Crippen MR) is 94.0 cm³/mol. The maximum atomic E-state index is 6.10. The molecular formula is C15H15BrClN3S. The number of benzene rings is 1. The number of halogens is 2. The zero-order valence-corrected chi connectivity index (χ0v) is 14.9. The molecule has 110 valence electrons. The van der Waals surface area contributed by atoms with Gasteiger partial charge in [-0.15, -0.1) is 11.3 Å². The number of hydrogen-bond donors (Lipinski definition) is 0. The summed E-state index contributed by atoms with van der Waals surface area (Å²) >= 11 is 11.3. The molecule has 6 heteroatoms. The quantitative estimate of drug-likeness (QED) is 0.580. The third kappa shape index (κ3) is 2.70. The molecule has 0 aliphatic heterocycles. The van der Waals surface area contributed by atoms with E-state index in [0.29, 0.717) is 0 Å². The molecule has 0 amide bonds. The van der Waals surface area contributed by atoms with Crippen molar-refractivity contribution in [1.82, 2.24) is 9.38 Å². The summed E-state index contributed by atoms with van der Waals surface area (Å²) in [7, 11) is 2.07. The van der Waals surface area contributed by atoms with E-state index in [1.807, 2.05) is 18.2 Å². The van der Waals surface area contributed by atoms with Crippen molar-refractivity contribution in [3.05, 3.63) is 52.1 Å². The smallest absolute Gasteiger partial charge is 0.195 e. The Morgan fingerprint density at radius 1 is 1.48 bits per heavy atom. The van der Waals surface area contributed by atoms with E-state index < -0.39 is 0 Å². The van der Waals surface area contributed by atoms with Crippen LogP contribution in [0.15, 0.2) is 35.8 Å². The number of alkyl halides is 1. The number of rotatable bonds is 4. The topological polar surface area (TPSA) is 20.5 Å². The van der Waals surface area contributed by atoms with Crippen LogP contribution in [-0.4, -0.2) is 16.4 Å². The third-order valence-corrected chi connectivity index (χ3v) is 5.24. The van der Waals surface area contributed by atoms with Crippen molar-refractivity contribution >= 4 is 49.6 Å². The summed E-state index contributed by atoms with van der Waals surface area (Å²) in [5.41, 5.74) is 2.35. The lowest BCUT2D eigenvalue weighted by Crippen LogP contribution is -2.23. The van der Waals surface area contributed by atoms with Crippen molar-refractivity contribution in [3.63, 3.8) is 0 Å². The summed E-state index contributed by atoms with van der Waals surface area (Å²) in [6, 6.07) is 8.19. The number of thiazole rings is 1. The number of anilines is 1. The van der Waals surface area contributed by atoms with Crippen LogP contribution in [0.25, 0.3) is 4.96 Å². The van der Waals surface area contributed by atoms with Crippen LogP contribution in [-0.2, 0) is 5.33 Å². The van der Waals surface area contributed by atoms with E-state index in [0.717, 1.165) is 21.1 Å². The van der Waals surface area contributed by atoms with Gasteiger partial charge >= 0.3 is 0 Å². The monoisotopic (exact) mass is 383 g/mol. The molecule has 3 nitrogen and oxygen atoms in total. The van der Waals surface area contributed by atoms with Gasteiger partial charge in [-0.3, -0.25) is 4.40 Å². The molecule has 2 heterocycles. The highest BCUT2D eigenvalue weighted by Gasteiger charge is 2.20. The second-order valence-electron chi connectivity index (χ2n) is 4.91. The third-order valence-electron chi connectivity index (χ3n) is 3.71. The van der Waals surface area contributed by atoms with E-state index in [2.05, 4.69) is 56.8 Å². The fraction of sp³-hybridized carbons (Fsp3) is 0.267. The molecule has 0 radical (unpaired) electrons. The maximum Gasteiger partial charge on any atom is 0.195 e. The van der Waals surface area contributed by atoms with Gasteiger partial charge in [-0.1, -0.05) is 39.7 Å². The molecule has 1 aromatic carbocycles. The van der Waals surface area contributed by atoms with Gasteiger partial charge in [0, 0.05) is 29.0 Å². The first kappa shape index (κ1) is 14.9. The summed E-state index contributed by atoms with van der Waals surface area (Å²) in [5, 5.41) is 3.59. The first-order valence-electron chi connectivity index (χ1n) is 6.60. The van der Waals surface area contributed by atoms with E-state index in [4.69, 9.17) is 16.6 Å². The first-order chi connectivity index (χ1) is 10.1. The van der Waals surface area contributed by atoms with Gasteiger partial charge in [0.25, 0.3) is 0 Å². The molecule has 0 saturated heterocycles. The Kier molecular flexibility index (Phi) is 4.24. The summed E-state index contributed by atoms with van der Waals surface area (Å²) in [4.78, 5) is 7.97. The fourth-order valence-electron chi connectivity index (χ4n) is 2.40. The molecule has 0 aliphatic rings. The lowest BCUT2D eigenvalue weighted by molar-refractivity contribution is 0.728. The normalized spacial score (nSPS) is 12.8. The number of nitrogens with zero attached hydrogens (tertiary/aromatic N) is 3. The van der Waals surface area contributed by atoms with Crippen LogP contribution in [0.5, 0.6) is 0 Å². The van der Waals surface area contributed by atoms with Gasteiger partial charge in [0.1, 0.15) is 0 Å². The van der Waals surface area contributed by atoms with Gasteiger partial charge in [-0.05, 0) is 24.6 Å². The fourth-order valence-corrected chi connectivity index (χ4v) is 3.85. The Balaban J connectivity index is 1.99. The van der Waals surface area contributed by atoms with Crippen molar-refractivity contribution in [2.75, 3.05) is 11.9 Å². The summed E-state index contributed by atoms with van der Waals surface area (Å²) in [6.07, 6.45) is 2.06. The first-order valence-corrected chi connectivity index (χ1v) is 8.98. The molecule has 0 fully saturated rings. The minimum atomic E-state index is 0.200. The Bertz CT molecular complexity index is 767. The molecule has 3 aromatic rings. The minimum absolute atomic E-state index is 0.200. The molecule has 1 unspecified atom stereocenters. The summed E-state index contributed by atoms with van der Waals surface area (Å²) < 4.78 is 2.13. The van der Waals surface area contributed by atoms with Gasteiger partial charge in [-0.2, -0.15) is 0 Å². The van der Waals surface area contributed by atoms with Gasteiger partial charge in [0.05, 0.1) is 11.7 Å².